The Balaban J connectivity index is 1.86. The van der Waals surface area contributed by atoms with Crippen molar-refractivity contribution in [2.75, 3.05) is 0 Å². The number of hydrogen-bond acceptors (Lipinski definition) is 1. The summed E-state index contributed by atoms with van der Waals surface area (Å²) >= 11 is 0. The van der Waals surface area contributed by atoms with Gasteiger partial charge >= 0.3 is 5.97 Å². The first-order valence-corrected chi connectivity index (χ1v) is 13.3. The summed E-state index contributed by atoms with van der Waals surface area (Å²) in [5, 5.41) is 9.87. The van der Waals surface area contributed by atoms with Crippen molar-refractivity contribution in [1.82, 2.24) is 0 Å². The maximum atomic E-state index is 12.0. The van der Waals surface area contributed by atoms with Gasteiger partial charge in [0.05, 0.1) is 5.57 Å². The van der Waals surface area contributed by atoms with Crippen LogP contribution >= 0.6 is 0 Å². The van der Waals surface area contributed by atoms with Gasteiger partial charge in [0.1, 0.15) is 0 Å². The summed E-state index contributed by atoms with van der Waals surface area (Å²) in [5.41, 5.74) is 4.30. The molecular formula is C30H48O2. The van der Waals surface area contributed by atoms with Gasteiger partial charge in [-0.15, -0.1) is 0 Å². The number of rotatable bonds is 14. The molecule has 1 aromatic rings. The summed E-state index contributed by atoms with van der Waals surface area (Å²) < 4.78 is 0. The molecule has 0 heterocycles. The van der Waals surface area contributed by atoms with Gasteiger partial charge in [-0.05, 0) is 53.2 Å². The largest absolute Gasteiger partial charge is 0.478 e. The number of aliphatic carboxylic acids is 1. The molecule has 1 aliphatic carbocycles. The third-order valence-electron chi connectivity index (χ3n) is 7.55. The molecule has 0 unspecified atom stereocenters. The van der Waals surface area contributed by atoms with Crippen LogP contribution in [0.25, 0.3) is 5.57 Å². The molecule has 0 bridgehead atoms. The number of fused-ring (bicyclic) bond motifs is 1. The molecule has 0 fully saturated rings. The quantitative estimate of drug-likeness (QED) is 0.231. The van der Waals surface area contributed by atoms with E-state index in [4.69, 9.17) is 0 Å². The molecular weight excluding hydrogens is 392 g/mol. The molecule has 0 aliphatic heterocycles. The molecule has 2 heteroatoms. The van der Waals surface area contributed by atoms with Crippen LogP contribution in [0.2, 0.25) is 0 Å². The summed E-state index contributed by atoms with van der Waals surface area (Å²) in [6.07, 6.45) is 19.6. The predicted octanol–water partition coefficient (Wildman–Crippen LogP) is 9.20. The van der Waals surface area contributed by atoms with E-state index in [1.165, 1.54) is 81.8 Å². The molecule has 1 aromatic carbocycles. The molecule has 0 saturated heterocycles. The number of allylic oxidation sites excluding steroid dienone is 1. The van der Waals surface area contributed by atoms with Crippen LogP contribution in [0.15, 0.2) is 24.3 Å². The van der Waals surface area contributed by atoms with Gasteiger partial charge in [0.15, 0.2) is 0 Å². The highest BCUT2D eigenvalue weighted by Gasteiger charge is 2.37. The zero-order valence-electron chi connectivity index (χ0n) is 21.6. The Kier molecular flexibility index (Phi) is 10.5. The Morgan fingerprint density at radius 1 is 0.812 bits per heavy atom. The average molecular weight is 441 g/mol. The van der Waals surface area contributed by atoms with Crippen LogP contribution in [0.4, 0.5) is 0 Å². The summed E-state index contributed by atoms with van der Waals surface area (Å²) in [6.45, 7) is 11.5. The van der Waals surface area contributed by atoms with E-state index in [1.54, 1.807) is 0 Å². The third-order valence-corrected chi connectivity index (χ3v) is 7.55. The summed E-state index contributed by atoms with van der Waals surface area (Å²) in [4.78, 5) is 12.0. The van der Waals surface area contributed by atoms with E-state index in [0.29, 0.717) is 5.57 Å². The van der Waals surface area contributed by atoms with Crippen molar-refractivity contribution in [1.29, 1.82) is 0 Å². The molecule has 1 N–H and O–H groups in total. The highest BCUT2D eigenvalue weighted by Crippen LogP contribution is 2.46. The van der Waals surface area contributed by atoms with Crippen LogP contribution in [0, 0.1) is 0 Å². The Hall–Kier alpha value is -1.57. The van der Waals surface area contributed by atoms with Crippen molar-refractivity contribution in [3.05, 3.63) is 41.0 Å². The van der Waals surface area contributed by atoms with Gasteiger partial charge in [-0.25, -0.2) is 4.79 Å². The Morgan fingerprint density at radius 2 is 1.31 bits per heavy atom. The first-order valence-electron chi connectivity index (χ1n) is 13.3. The zero-order chi connectivity index (χ0) is 23.6. The monoisotopic (exact) mass is 440 g/mol. The van der Waals surface area contributed by atoms with Gasteiger partial charge in [-0.2, -0.15) is 0 Å². The topological polar surface area (TPSA) is 37.3 Å². The minimum Gasteiger partial charge on any atom is -0.478 e. The second-order valence-corrected chi connectivity index (χ2v) is 11.3. The number of carbonyl (C=O) groups is 1. The SMILES string of the molecule is CCCCCCCCCCCCC/C=C(/C(=O)O)c1ccc2c(c1)C(C)(C)CCC2(C)C. The molecule has 0 radical (unpaired) electrons. The fourth-order valence-corrected chi connectivity index (χ4v) is 5.14. The van der Waals surface area contributed by atoms with Gasteiger partial charge in [0.25, 0.3) is 0 Å². The van der Waals surface area contributed by atoms with Crippen molar-refractivity contribution in [2.24, 2.45) is 0 Å². The van der Waals surface area contributed by atoms with E-state index in [2.05, 4.69) is 46.8 Å². The van der Waals surface area contributed by atoms with Gasteiger partial charge < -0.3 is 5.11 Å². The van der Waals surface area contributed by atoms with Crippen LogP contribution in [0.1, 0.15) is 141 Å². The van der Waals surface area contributed by atoms with Gasteiger partial charge in [0, 0.05) is 0 Å². The minimum absolute atomic E-state index is 0.0977. The Bertz CT molecular complexity index is 754. The fraction of sp³-hybridized carbons (Fsp3) is 0.700. The molecule has 1 aliphatic rings. The first kappa shape index (κ1) is 26.7. The van der Waals surface area contributed by atoms with Crippen LogP contribution in [0.5, 0.6) is 0 Å². The van der Waals surface area contributed by atoms with Crippen molar-refractivity contribution in [3.63, 3.8) is 0 Å². The number of benzene rings is 1. The standard InChI is InChI=1S/C30H48O2/c1-6-7-8-9-10-11-12-13-14-15-16-17-18-25(28(31)32)24-19-20-26-27(23-24)30(4,5)22-21-29(26,2)3/h18-20,23H,6-17,21-22H2,1-5H3,(H,31,32)/b25-18+. The summed E-state index contributed by atoms with van der Waals surface area (Å²) in [5.74, 6) is -0.805. The lowest BCUT2D eigenvalue weighted by atomic mass is 9.63. The molecule has 180 valence electrons. The number of unbranched alkanes of at least 4 members (excludes halogenated alkanes) is 11. The van der Waals surface area contributed by atoms with Gasteiger partial charge in [-0.3, -0.25) is 0 Å². The molecule has 0 atom stereocenters. The van der Waals surface area contributed by atoms with Crippen molar-refractivity contribution >= 4 is 11.5 Å². The lowest BCUT2D eigenvalue weighted by molar-refractivity contribution is -0.130. The van der Waals surface area contributed by atoms with Crippen LogP contribution in [-0.4, -0.2) is 11.1 Å². The summed E-state index contributed by atoms with van der Waals surface area (Å²) in [7, 11) is 0. The van der Waals surface area contributed by atoms with Gasteiger partial charge in [0.2, 0.25) is 0 Å². The molecule has 32 heavy (non-hydrogen) atoms. The second kappa shape index (κ2) is 12.6. The van der Waals surface area contributed by atoms with Crippen LogP contribution < -0.4 is 0 Å². The van der Waals surface area contributed by atoms with Crippen molar-refractivity contribution in [2.45, 2.75) is 135 Å². The Morgan fingerprint density at radius 3 is 1.84 bits per heavy atom. The third kappa shape index (κ3) is 7.78. The van der Waals surface area contributed by atoms with E-state index in [9.17, 15) is 9.90 Å². The van der Waals surface area contributed by atoms with Crippen LogP contribution in [0.3, 0.4) is 0 Å². The predicted molar refractivity (Wildman–Crippen MR) is 138 cm³/mol. The number of hydrogen-bond donors (Lipinski definition) is 1. The first-order chi connectivity index (χ1) is 15.2. The lowest BCUT2D eigenvalue weighted by Gasteiger charge is -2.42. The minimum atomic E-state index is -0.805. The van der Waals surface area contributed by atoms with E-state index in [0.717, 1.165) is 24.8 Å². The molecule has 0 spiro atoms. The fourth-order valence-electron chi connectivity index (χ4n) is 5.14. The van der Waals surface area contributed by atoms with Crippen LogP contribution in [-0.2, 0) is 15.6 Å². The lowest BCUT2D eigenvalue weighted by Crippen LogP contribution is -2.33. The molecule has 2 rings (SSSR count). The Labute approximate surface area is 197 Å². The molecule has 0 saturated carbocycles. The normalized spacial score (nSPS) is 17.2. The van der Waals surface area contributed by atoms with E-state index < -0.39 is 5.97 Å². The van der Waals surface area contributed by atoms with E-state index in [1.807, 2.05) is 12.1 Å². The van der Waals surface area contributed by atoms with Crippen molar-refractivity contribution < 1.29 is 9.90 Å². The smallest absolute Gasteiger partial charge is 0.335 e. The maximum absolute atomic E-state index is 12.0. The zero-order valence-corrected chi connectivity index (χ0v) is 21.6. The number of carboxylic acid groups (broad SMARTS) is 1. The molecule has 2 nitrogen and oxygen atoms in total. The molecule has 0 amide bonds. The number of carboxylic acids is 1. The summed E-state index contributed by atoms with van der Waals surface area (Å²) in [6, 6.07) is 6.38. The van der Waals surface area contributed by atoms with E-state index in [-0.39, 0.29) is 10.8 Å². The van der Waals surface area contributed by atoms with E-state index >= 15 is 0 Å². The average Bonchev–Trinajstić information content (AvgIpc) is 2.74. The molecule has 0 aromatic heterocycles. The maximum Gasteiger partial charge on any atom is 0.335 e. The second-order valence-electron chi connectivity index (χ2n) is 11.3. The highest BCUT2D eigenvalue weighted by atomic mass is 16.4. The van der Waals surface area contributed by atoms with Crippen molar-refractivity contribution in [3.8, 4) is 0 Å². The highest BCUT2D eigenvalue weighted by molar-refractivity contribution is 6.15. The van der Waals surface area contributed by atoms with Gasteiger partial charge in [-0.1, -0.05) is 123 Å².